The fourth-order valence-corrected chi connectivity index (χ4v) is 2.67. The first-order valence-corrected chi connectivity index (χ1v) is 5.56. The minimum absolute atomic E-state index is 0.0457. The molecular formula is C10H4Br2F2O. The van der Waals surface area contributed by atoms with Gasteiger partial charge in [-0.05, 0) is 50.1 Å². The van der Waals surface area contributed by atoms with Crippen LogP contribution in [0.15, 0.2) is 37.8 Å². The summed E-state index contributed by atoms with van der Waals surface area (Å²) < 4.78 is 31.9. The summed E-state index contributed by atoms with van der Waals surface area (Å²) in [6, 6.07) is 4.41. The Labute approximate surface area is 101 Å². The molecule has 0 N–H and O–H groups in total. The standard InChI is InChI=1S/C10H4Br2F2O/c11-5-4-6(13)10(14)9(12)8(5)7-2-1-3-15-7/h1-4H. The topological polar surface area (TPSA) is 13.1 Å². The lowest BCUT2D eigenvalue weighted by Crippen LogP contribution is -1.90. The molecule has 2 aromatic rings. The van der Waals surface area contributed by atoms with Crippen LogP contribution in [-0.2, 0) is 0 Å². The van der Waals surface area contributed by atoms with E-state index in [1.54, 1.807) is 12.1 Å². The van der Waals surface area contributed by atoms with Crippen molar-refractivity contribution in [1.29, 1.82) is 0 Å². The van der Waals surface area contributed by atoms with E-state index in [0.717, 1.165) is 6.07 Å². The molecule has 0 bridgehead atoms. The zero-order chi connectivity index (χ0) is 11.0. The van der Waals surface area contributed by atoms with Crippen LogP contribution in [-0.4, -0.2) is 0 Å². The molecule has 1 nitrogen and oxygen atoms in total. The predicted molar refractivity (Wildman–Crippen MR) is 59.5 cm³/mol. The van der Waals surface area contributed by atoms with Crippen LogP contribution in [0.4, 0.5) is 8.78 Å². The lowest BCUT2D eigenvalue weighted by Gasteiger charge is -2.06. The van der Waals surface area contributed by atoms with E-state index in [1.807, 2.05) is 0 Å². The molecule has 15 heavy (non-hydrogen) atoms. The largest absolute Gasteiger partial charge is 0.464 e. The van der Waals surface area contributed by atoms with Crippen molar-refractivity contribution in [3.8, 4) is 11.3 Å². The van der Waals surface area contributed by atoms with E-state index in [1.165, 1.54) is 6.26 Å². The third-order valence-corrected chi connectivity index (χ3v) is 3.25. The van der Waals surface area contributed by atoms with Crippen LogP contribution in [0, 0.1) is 11.6 Å². The van der Waals surface area contributed by atoms with Crippen molar-refractivity contribution in [1.82, 2.24) is 0 Å². The minimum Gasteiger partial charge on any atom is -0.464 e. The van der Waals surface area contributed by atoms with Crippen molar-refractivity contribution in [3.63, 3.8) is 0 Å². The van der Waals surface area contributed by atoms with Gasteiger partial charge >= 0.3 is 0 Å². The summed E-state index contributed by atoms with van der Waals surface area (Å²) in [6.45, 7) is 0. The molecule has 0 spiro atoms. The van der Waals surface area contributed by atoms with E-state index >= 15 is 0 Å². The van der Waals surface area contributed by atoms with Gasteiger partial charge in [-0.2, -0.15) is 0 Å². The molecule has 0 aliphatic rings. The molecular weight excluding hydrogens is 334 g/mol. The molecule has 0 aliphatic carbocycles. The number of hydrogen-bond donors (Lipinski definition) is 0. The van der Waals surface area contributed by atoms with Crippen LogP contribution >= 0.6 is 31.9 Å². The molecule has 2 rings (SSSR count). The van der Waals surface area contributed by atoms with Crippen molar-refractivity contribution < 1.29 is 13.2 Å². The molecule has 0 atom stereocenters. The molecule has 0 aliphatic heterocycles. The van der Waals surface area contributed by atoms with Gasteiger partial charge < -0.3 is 4.42 Å². The number of hydrogen-bond acceptors (Lipinski definition) is 1. The average Bonchev–Trinajstić information content (AvgIpc) is 2.68. The van der Waals surface area contributed by atoms with Crippen LogP contribution in [0.25, 0.3) is 11.3 Å². The molecule has 0 saturated carbocycles. The summed E-state index contributed by atoms with van der Waals surface area (Å²) in [5, 5.41) is 0. The van der Waals surface area contributed by atoms with Crippen molar-refractivity contribution in [2.24, 2.45) is 0 Å². The van der Waals surface area contributed by atoms with Crippen LogP contribution < -0.4 is 0 Å². The average molecular weight is 338 g/mol. The van der Waals surface area contributed by atoms with E-state index in [0.29, 0.717) is 15.8 Å². The van der Waals surface area contributed by atoms with Gasteiger partial charge in [0.2, 0.25) is 0 Å². The SMILES string of the molecule is Fc1cc(Br)c(-c2ccco2)c(Br)c1F. The molecule has 1 aromatic carbocycles. The third-order valence-electron chi connectivity index (χ3n) is 1.88. The van der Waals surface area contributed by atoms with Gasteiger partial charge in [-0.15, -0.1) is 0 Å². The molecule has 78 valence electrons. The highest BCUT2D eigenvalue weighted by Crippen LogP contribution is 2.38. The van der Waals surface area contributed by atoms with E-state index in [-0.39, 0.29) is 4.47 Å². The fourth-order valence-electron chi connectivity index (χ4n) is 1.21. The van der Waals surface area contributed by atoms with Crippen LogP contribution in [0.5, 0.6) is 0 Å². The lowest BCUT2D eigenvalue weighted by atomic mass is 10.1. The van der Waals surface area contributed by atoms with Gasteiger partial charge in [0.05, 0.1) is 10.7 Å². The maximum absolute atomic E-state index is 13.3. The molecule has 0 unspecified atom stereocenters. The molecule has 0 radical (unpaired) electrons. The second kappa shape index (κ2) is 4.06. The van der Waals surface area contributed by atoms with Gasteiger partial charge in [0.15, 0.2) is 11.6 Å². The van der Waals surface area contributed by atoms with E-state index in [4.69, 9.17) is 4.42 Å². The maximum Gasteiger partial charge on any atom is 0.173 e. The van der Waals surface area contributed by atoms with E-state index in [2.05, 4.69) is 31.9 Å². The van der Waals surface area contributed by atoms with Crippen molar-refractivity contribution in [2.45, 2.75) is 0 Å². The Morgan fingerprint density at radius 3 is 2.53 bits per heavy atom. The monoisotopic (exact) mass is 336 g/mol. The zero-order valence-corrected chi connectivity index (χ0v) is 10.4. The molecule has 5 heteroatoms. The van der Waals surface area contributed by atoms with Crippen molar-refractivity contribution in [3.05, 3.63) is 45.0 Å². The summed E-state index contributed by atoms with van der Waals surface area (Å²) in [5.41, 5.74) is 0.457. The minimum atomic E-state index is -0.926. The number of rotatable bonds is 1. The quantitative estimate of drug-likeness (QED) is 0.540. The first kappa shape index (κ1) is 10.8. The number of halogens is 4. The molecule has 0 amide bonds. The second-order valence-electron chi connectivity index (χ2n) is 2.82. The summed E-state index contributed by atoms with van der Waals surface area (Å²) in [4.78, 5) is 0. The Morgan fingerprint density at radius 1 is 1.20 bits per heavy atom. The smallest absolute Gasteiger partial charge is 0.173 e. The van der Waals surface area contributed by atoms with Gasteiger partial charge in [-0.3, -0.25) is 0 Å². The number of furan rings is 1. The Balaban J connectivity index is 2.72. The summed E-state index contributed by atoms with van der Waals surface area (Å²) in [7, 11) is 0. The Hall–Kier alpha value is -0.680. The highest BCUT2D eigenvalue weighted by atomic mass is 79.9. The third kappa shape index (κ3) is 1.86. The normalized spacial score (nSPS) is 10.7. The van der Waals surface area contributed by atoms with Crippen molar-refractivity contribution in [2.75, 3.05) is 0 Å². The lowest BCUT2D eigenvalue weighted by molar-refractivity contribution is 0.502. The van der Waals surface area contributed by atoms with Gasteiger partial charge in [0, 0.05) is 10.0 Å². The fraction of sp³-hybridized carbons (Fsp3) is 0. The Bertz CT molecular complexity index is 495. The Kier molecular flexibility index (Phi) is 2.93. The van der Waals surface area contributed by atoms with Gasteiger partial charge in [0.1, 0.15) is 5.76 Å². The molecule has 0 saturated heterocycles. The molecule has 0 fully saturated rings. The van der Waals surface area contributed by atoms with Crippen LogP contribution in [0.2, 0.25) is 0 Å². The van der Waals surface area contributed by atoms with Gasteiger partial charge in [-0.25, -0.2) is 8.78 Å². The van der Waals surface area contributed by atoms with Crippen LogP contribution in [0.1, 0.15) is 0 Å². The number of benzene rings is 1. The highest BCUT2D eigenvalue weighted by Gasteiger charge is 2.18. The molecule has 1 aromatic heterocycles. The predicted octanol–water partition coefficient (Wildman–Crippen LogP) is 4.75. The Morgan fingerprint density at radius 2 is 1.93 bits per heavy atom. The van der Waals surface area contributed by atoms with Gasteiger partial charge in [-0.1, -0.05) is 0 Å². The second-order valence-corrected chi connectivity index (χ2v) is 4.47. The summed E-state index contributed by atoms with van der Waals surface area (Å²) in [5.74, 6) is -1.37. The molecule has 1 heterocycles. The summed E-state index contributed by atoms with van der Waals surface area (Å²) >= 11 is 6.16. The van der Waals surface area contributed by atoms with E-state index < -0.39 is 11.6 Å². The van der Waals surface area contributed by atoms with Gasteiger partial charge in [0.25, 0.3) is 0 Å². The van der Waals surface area contributed by atoms with Crippen LogP contribution in [0.3, 0.4) is 0 Å². The van der Waals surface area contributed by atoms with Crippen molar-refractivity contribution >= 4 is 31.9 Å². The first-order chi connectivity index (χ1) is 7.11. The zero-order valence-electron chi connectivity index (χ0n) is 7.23. The highest BCUT2D eigenvalue weighted by molar-refractivity contribution is 9.11. The summed E-state index contributed by atoms with van der Waals surface area (Å²) in [6.07, 6.45) is 1.47. The van der Waals surface area contributed by atoms with E-state index in [9.17, 15) is 8.78 Å². The first-order valence-electron chi connectivity index (χ1n) is 3.98. The maximum atomic E-state index is 13.3.